The molecule has 2 aromatic carbocycles. The number of hydrogen-bond acceptors (Lipinski definition) is 4. The lowest BCUT2D eigenvalue weighted by Gasteiger charge is -2.34. The van der Waals surface area contributed by atoms with Gasteiger partial charge < -0.3 is 15.0 Å². The van der Waals surface area contributed by atoms with Crippen LogP contribution in [0.15, 0.2) is 48.5 Å². The number of likely N-dealkylation sites (N-methyl/N-ethyl adjacent to an activating group) is 2. The minimum absolute atomic E-state index is 0.0349. The molecule has 1 unspecified atom stereocenters. The van der Waals surface area contributed by atoms with E-state index in [2.05, 4.69) is 23.5 Å². The molecule has 0 bridgehead atoms. The summed E-state index contributed by atoms with van der Waals surface area (Å²) in [4.78, 5) is 29.2. The molecule has 160 valence electrons. The molecule has 1 atom stereocenters. The van der Waals surface area contributed by atoms with E-state index in [1.165, 1.54) is 11.1 Å². The summed E-state index contributed by atoms with van der Waals surface area (Å²) in [7, 11) is 3.46. The predicted molar refractivity (Wildman–Crippen MR) is 119 cm³/mol. The number of methoxy groups -OCH3 is 1. The van der Waals surface area contributed by atoms with Crippen LogP contribution >= 0.6 is 0 Å². The molecule has 2 amide bonds. The molecule has 30 heavy (non-hydrogen) atoms. The normalized spacial score (nSPS) is 15.4. The van der Waals surface area contributed by atoms with Crippen LogP contribution in [0, 0.1) is 0 Å². The van der Waals surface area contributed by atoms with Crippen LogP contribution < -0.4 is 10.1 Å². The van der Waals surface area contributed by atoms with E-state index < -0.39 is 0 Å². The third-order valence-corrected chi connectivity index (χ3v) is 5.73. The van der Waals surface area contributed by atoms with Crippen LogP contribution in [0.25, 0.3) is 0 Å². The molecule has 0 heterocycles. The van der Waals surface area contributed by atoms with Crippen molar-refractivity contribution in [2.45, 2.75) is 32.2 Å². The van der Waals surface area contributed by atoms with E-state index in [0.29, 0.717) is 18.0 Å². The van der Waals surface area contributed by atoms with Gasteiger partial charge in [-0.15, -0.1) is 0 Å². The van der Waals surface area contributed by atoms with E-state index in [0.717, 1.165) is 19.3 Å². The first-order chi connectivity index (χ1) is 14.5. The molecular weight excluding hydrogens is 378 g/mol. The van der Waals surface area contributed by atoms with Crippen LogP contribution in [-0.2, 0) is 16.0 Å². The van der Waals surface area contributed by atoms with Crippen molar-refractivity contribution in [2.24, 2.45) is 0 Å². The number of ether oxygens (including phenoxy) is 1. The highest BCUT2D eigenvalue weighted by atomic mass is 16.5. The Bertz CT molecular complexity index is 884. The molecule has 6 heteroatoms. The molecular formula is C24H31N3O3. The van der Waals surface area contributed by atoms with Crippen LogP contribution in [0.1, 0.15) is 36.9 Å². The van der Waals surface area contributed by atoms with Crippen molar-refractivity contribution in [3.05, 3.63) is 59.7 Å². The van der Waals surface area contributed by atoms with Gasteiger partial charge in [-0.05, 0) is 49.1 Å². The Labute approximate surface area is 178 Å². The number of amides is 2. The summed E-state index contributed by atoms with van der Waals surface area (Å²) in [5.74, 6) is 0.570. The summed E-state index contributed by atoms with van der Waals surface area (Å²) in [6.45, 7) is 2.96. The van der Waals surface area contributed by atoms with Gasteiger partial charge >= 0.3 is 0 Å². The largest absolute Gasteiger partial charge is 0.497 e. The minimum atomic E-state index is -0.149. The van der Waals surface area contributed by atoms with Crippen molar-refractivity contribution in [1.82, 2.24) is 9.80 Å². The Balaban J connectivity index is 1.58. The fraction of sp³-hybridized carbons (Fsp3) is 0.417. The van der Waals surface area contributed by atoms with Gasteiger partial charge in [0.25, 0.3) is 0 Å². The molecule has 1 aliphatic rings. The van der Waals surface area contributed by atoms with Gasteiger partial charge in [0.05, 0.1) is 26.2 Å². The van der Waals surface area contributed by atoms with E-state index >= 15 is 0 Å². The summed E-state index contributed by atoms with van der Waals surface area (Å²) in [6.07, 6.45) is 3.13. The maximum atomic E-state index is 13.0. The zero-order chi connectivity index (χ0) is 21.5. The van der Waals surface area contributed by atoms with Gasteiger partial charge in [-0.2, -0.15) is 0 Å². The first kappa shape index (κ1) is 21.8. The number of anilines is 1. The zero-order valence-corrected chi connectivity index (χ0v) is 18.1. The average molecular weight is 410 g/mol. The van der Waals surface area contributed by atoms with Crippen molar-refractivity contribution in [2.75, 3.05) is 39.1 Å². The Morgan fingerprint density at radius 2 is 1.93 bits per heavy atom. The second kappa shape index (κ2) is 10.3. The van der Waals surface area contributed by atoms with Crippen molar-refractivity contribution < 1.29 is 14.3 Å². The molecule has 0 saturated heterocycles. The Hall–Kier alpha value is -2.86. The fourth-order valence-corrected chi connectivity index (χ4v) is 3.99. The second-order valence-electron chi connectivity index (χ2n) is 7.69. The minimum Gasteiger partial charge on any atom is -0.497 e. The van der Waals surface area contributed by atoms with Crippen LogP contribution in [-0.4, -0.2) is 55.4 Å². The van der Waals surface area contributed by atoms with E-state index in [9.17, 15) is 9.59 Å². The van der Waals surface area contributed by atoms with Gasteiger partial charge in [0, 0.05) is 18.8 Å². The lowest BCUT2D eigenvalue weighted by atomic mass is 9.87. The van der Waals surface area contributed by atoms with Crippen LogP contribution in [0.2, 0.25) is 0 Å². The number of fused-ring (bicyclic) bond motifs is 1. The maximum absolute atomic E-state index is 13.0. The lowest BCUT2D eigenvalue weighted by molar-refractivity contribution is -0.134. The Morgan fingerprint density at radius 1 is 1.13 bits per heavy atom. The number of aryl methyl sites for hydroxylation is 1. The zero-order valence-electron chi connectivity index (χ0n) is 18.1. The summed E-state index contributed by atoms with van der Waals surface area (Å²) in [5, 5.41) is 2.87. The highest BCUT2D eigenvalue weighted by molar-refractivity contribution is 5.92. The molecule has 0 aromatic heterocycles. The summed E-state index contributed by atoms with van der Waals surface area (Å²) < 4.78 is 5.19. The van der Waals surface area contributed by atoms with Crippen molar-refractivity contribution in [3.63, 3.8) is 0 Å². The van der Waals surface area contributed by atoms with Crippen molar-refractivity contribution >= 4 is 17.5 Å². The number of benzene rings is 2. The molecule has 0 fully saturated rings. The quantitative estimate of drug-likeness (QED) is 0.725. The molecule has 1 N–H and O–H groups in total. The number of carbonyl (C=O) groups is 2. The van der Waals surface area contributed by atoms with Crippen LogP contribution in [0.3, 0.4) is 0 Å². The van der Waals surface area contributed by atoms with Gasteiger partial charge in [-0.1, -0.05) is 37.3 Å². The van der Waals surface area contributed by atoms with Crippen LogP contribution in [0.4, 0.5) is 5.69 Å². The Kier molecular flexibility index (Phi) is 7.46. The molecule has 1 aliphatic carbocycles. The van der Waals surface area contributed by atoms with E-state index in [-0.39, 0.29) is 30.9 Å². The summed E-state index contributed by atoms with van der Waals surface area (Å²) in [5.41, 5.74) is 3.26. The number of rotatable bonds is 8. The van der Waals surface area contributed by atoms with Crippen LogP contribution in [0.5, 0.6) is 5.75 Å². The SMILES string of the molecule is CCN(CC(=O)Nc1cccc(OC)c1)CC(=O)N(C)C1CCCc2ccccc21. The number of nitrogens with one attached hydrogen (secondary N) is 1. The topological polar surface area (TPSA) is 61.9 Å². The first-order valence-electron chi connectivity index (χ1n) is 10.5. The van der Waals surface area contributed by atoms with Crippen molar-refractivity contribution in [1.29, 1.82) is 0 Å². The van der Waals surface area contributed by atoms with Gasteiger partial charge in [0.2, 0.25) is 11.8 Å². The van der Waals surface area contributed by atoms with E-state index in [1.807, 2.05) is 48.0 Å². The summed E-state index contributed by atoms with van der Waals surface area (Å²) >= 11 is 0. The molecule has 0 saturated carbocycles. The number of nitrogens with zero attached hydrogens (tertiary/aromatic N) is 2. The molecule has 0 aliphatic heterocycles. The number of carbonyl (C=O) groups excluding carboxylic acids is 2. The van der Waals surface area contributed by atoms with E-state index in [4.69, 9.17) is 4.74 Å². The average Bonchev–Trinajstić information content (AvgIpc) is 2.77. The van der Waals surface area contributed by atoms with Crippen molar-refractivity contribution in [3.8, 4) is 5.75 Å². The van der Waals surface area contributed by atoms with Gasteiger partial charge in [0.15, 0.2) is 0 Å². The van der Waals surface area contributed by atoms with Gasteiger partial charge in [-0.3, -0.25) is 14.5 Å². The van der Waals surface area contributed by atoms with Gasteiger partial charge in [0.1, 0.15) is 5.75 Å². The maximum Gasteiger partial charge on any atom is 0.238 e. The molecule has 2 aromatic rings. The second-order valence-corrected chi connectivity index (χ2v) is 7.69. The fourth-order valence-electron chi connectivity index (χ4n) is 3.99. The standard InChI is InChI=1S/C24H31N3O3/c1-4-27(16-23(28)25-19-11-8-12-20(15-19)30-3)17-24(29)26(2)22-14-7-10-18-9-5-6-13-21(18)22/h5-6,8-9,11-13,15,22H,4,7,10,14,16-17H2,1-3H3,(H,25,28). The Morgan fingerprint density at radius 3 is 2.70 bits per heavy atom. The van der Waals surface area contributed by atoms with Gasteiger partial charge in [-0.25, -0.2) is 0 Å². The third kappa shape index (κ3) is 5.39. The highest BCUT2D eigenvalue weighted by Crippen LogP contribution is 2.33. The lowest BCUT2D eigenvalue weighted by Crippen LogP contribution is -2.43. The highest BCUT2D eigenvalue weighted by Gasteiger charge is 2.27. The number of hydrogen-bond donors (Lipinski definition) is 1. The molecule has 6 nitrogen and oxygen atoms in total. The smallest absolute Gasteiger partial charge is 0.238 e. The monoisotopic (exact) mass is 409 g/mol. The first-order valence-corrected chi connectivity index (χ1v) is 10.5. The third-order valence-electron chi connectivity index (χ3n) is 5.73. The molecule has 0 radical (unpaired) electrons. The molecule has 3 rings (SSSR count). The summed E-state index contributed by atoms with van der Waals surface area (Å²) in [6, 6.07) is 15.7. The van der Waals surface area contributed by atoms with E-state index in [1.54, 1.807) is 13.2 Å². The predicted octanol–water partition coefficient (Wildman–Crippen LogP) is 3.49. The molecule has 0 spiro atoms.